The summed E-state index contributed by atoms with van der Waals surface area (Å²) >= 11 is 1.58. The molecule has 1 aliphatic rings. The number of rotatable bonds is 2. The van der Waals surface area contributed by atoms with Crippen molar-refractivity contribution in [2.75, 3.05) is 11.1 Å². The number of hydrogen-bond acceptors (Lipinski definition) is 5. The van der Waals surface area contributed by atoms with Gasteiger partial charge in [-0.25, -0.2) is 4.98 Å². The van der Waals surface area contributed by atoms with Crippen molar-refractivity contribution in [1.29, 1.82) is 0 Å². The van der Waals surface area contributed by atoms with Crippen LogP contribution in [0.4, 0.5) is 5.82 Å². The lowest BCUT2D eigenvalue weighted by Gasteiger charge is -2.14. The van der Waals surface area contributed by atoms with Crippen molar-refractivity contribution >= 4 is 23.5 Å². The molecule has 6 nitrogen and oxygen atoms in total. The van der Waals surface area contributed by atoms with E-state index in [4.69, 9.17) is 0 Å². The Kier molecular flexibility index (Phi) is 3.78. The van der Waals surface area contributed by atoms with Crippen LogP contribution >= 0.6 is 11.8 Å². The number of pyridine rings is 2. The van der Waals surface area contributed by atoms with Crippen molar-refractivity contribution < 1.29 is 4.79 Å². The Hall–Kier alpha value is -2.67. The summed E-state index contributed by atoms with van der Waals surface area (Å²) in [5.74, 6) is 1.72. The minimum absolute atomic E-state index is 0.00473. The van der Waals surface area contributed by atoms with E-state index in [2.05, 4.69) is 20.4 Å². The molecule has 0 aliphatic carbocycles. The lowest BCUT2D eigenvalue weighted by atomic mass is 10.1. The maximum Gasteiger partial charge on any atom is 0.235 e. The van der Waals surface area contributed by atoms with Crippen molar-refractivity contribution in [3.63, 3.8) is 0 Å². The molecule has 120 valence electrons. The van der Waals surface area contributed by atoms with Crippen LogP contribution in [-0.2, 0) is 4.79 Å². The number of aryl methyl sites for hydroxylation is 1. The van der Waals surface area contributed by atoms with Gasteiger partial charge in [-0.1, -0.05) is 12.1 Å². The number of amides is 1. The molecule has 0 aromatic carbocycles. The monoisotopic (exact) mass is 337 g/mol. The minimum atomic E-state index is -0.0373. The Labute approximate surface area is 143 Å². The summed E-state index contributed by atoms with van der Waals surface area (Å²) in [6, 6.07) is 9.56. The van der Waals surface area contributed by atoms with Crippen LogP contribution in [0.5, 0.6) is 0 Å². The maximum absolute atomic E-state index is 12.2. The van der Waals surface area contributed by atoms with E-state index in [1.165, 1.54) is 0 Å². The predicted molar refractivity (Wildman–Crippen MR) is 93.3 cm³/mol. The zero-order valence-electron chi connectivity index (χ0n) is 13.0. The van der Waals surface area contributed by atoms with Gasteiger partial charge in [-0.2, -0.15) is 9.78 Å². The number of carbonyl (C=O) groups is 1. The maximum atomic E-state index is 12.2. The zero-order valence-corrected chi connectivity index (χ0v) is 13.8. The van der Waals surface area contributed by atoms with Crippen molar-refractivity contribution in [2.45, 2.75) is 12.2 Å². The second-order valence-corrected chi connectivity index (χ2v) is 6.57. The molecule has 0 radical (unpaired) electrons. The van der Waals surface area contributed by atoms with E-state index in [1.54, 1.807) is 28.8 Å². The van der Waals surface area contributed by atoms with Gasteiger partial charge in [0.05, 0.1) is 16.7 Å². The zero-order chi connectivity index (χ0) is 16.5. The van der Waals surface area contributed by atoms with Gasteiger partial charge in [0.15, 0.2) is 5.82 Å². The average Bonchev–Trinajstić information content (AvgIpc) is 2.83. The first-order chi connectivity index (χ1) is 11.7. The van der Waals surface area contributed by atoms with Gasteiger partial charge in [0.2, 0.25) is 5.91 Å². The molecule has 3 aromatic rings. The number of aromatic nitrogens is 4. The molecule has 24 heavy (non-hydrogen) atoms. The fourth-order valence-electron chi connectivity index (χ4n) is 2.82. The highest BCUT2D eigenvalue weighted by Crippen LogP contribution is 2.43. The summed E-state index contributed by atoms with van der Waals surface area (Å²) in [4.78, 5) is 20.8. The highest BCUT2D eigenvalue weighted by atomic mass is 32.2. The molecule has 1 atom stereocenters. The Bertz CT molecular complexity index is 879. The van der Waals surface area contributed by atoms with Gasteiger partial charge in [0, 0.05) is 24.2 Å². The number of nitrogens with one attached hydrogen (secondary N) is 1. The fourth-order valence-corrected chi connectivity index (χ4v) is 3.99. The number of fused-ring (bicyclic) bond motifs is 1. The number of thioether (sulfide) groups is 1. The highest BCUT2D eigenvalue weighted by molar-refractivity contribution is 8.00. The van der Waals surface area contributed by atoms with Crippen molar-refractivity contribution in [3.8, 4) is 5.82 Å². The molecule has 1 amide bonds. The lowest BCUT2D eigenvalue weighted by molar-refractivity contribution is -0.113. The Morgan fingerprint density at radius 2 is 2.17 bits per heavy atom. The van der Waals surface area contributed by atoms with Crippen molar-refractivity contribution in [1.82, 2.24) is 19.7 Å². The van der Waals surface area contributed by atoms with E-state index in [9.17, 15) is 4.79 Å². The van der Waals surface area contributed by atoms with Crippen LogP contribution in [-0.4, -0.2) is 31.4 Å². The van der Waals surface area contributed by atoms with Crippen LogP contribution in [0, 0.1) is 6.92 Å². The van der Waals surface area contributed by atoms with Crippen LogP contribution in [0.2, 0.25) is 0 Å². The third-order valence-corrected chi connectivity index (χ3v) is 5.13. The highest BCUT2D eigenvalue weighted by Gasteiger charge is 2.30. The van der Waals surface area contributed by atoms with Gasteiger partial charge in [-0.3, -0.25) is 9.78 Å². The Morgan fingerprint density at radius 1 is 1.25 bits per heavy atom. The van der Waals surface area contributed by atoms with Gasteiger partial charge in [-0.15, -0.1) is 11.8 Å². The molecule has 0 saturated heterocycles. The lowest BCUT2D eigenvalue weighted by Crippen LogP contribution is -2.16. The normalized spacial score (nSPS) is 17.0. The SMILES string of the molecule is Cc1nn(-c2ccccn2)c2c1[C@H](c1cccnc1)SCC(=O)N2. The number of nitrogens with zero attached hydrogens (tertiary/aromatic N) is 4. The Morgan fingerprint density at radius 3 is 2.92 bits per heavy atom. The minimum Gasteiger partial charge on any atom is -0.310 e. The molecule has 1 N–H and O–H groups in total. The average molecular weight is 337 g/mol. The second-order valence-electron chi connectivity index (χ2n) is 5.47. The van der Waals surface area contributed by atoms with E-state index in [0.717, 1.165) is 16.8 Å². The topological polar surface area (TPSA) is 72.7 Å². The van der Waals surface area contributed by atoms with Gasteiger partial charge < -0.3 is 5.32 Å². The number of carbonyl (C=O) groups excluding carboxylic acids is 1. The molecule has 7 heteroatoms. The summed E-state index contributed by atoms with van der Waals surface area (Å²) in [5.41, 5.74) is 2.94. The largest absolute Gasteiger partial charge is 0.310 e. The van der Waals surface area contributed by atoms with Crippen LogP contribution in [0.1, 0.15) is 22.1 Å². The molecule has 0 spiro atoms. The van der Waals surface area contributed by atoms with Crippen LogP contribution in [0.15, 0.2) is 48.9 Å². The number of hydrogen-bond donors (Lipinski definition) is 1. The first-order valence-corrected chi connectivity index (χ1v) is 8.61. The molecule has 4 heterocycles. The fraction of sp³-hybridized carbons (Fsp3) is 0.176. The molecule has 0 bridgehead atoms. The molecule has 1 aliphatic heterocycles. The van der Waals surface area contributed by atoms with Crippen molar-refractivity contribution in [2.24, 2.45) is 0 Å². The molecule has 0 unspecified atom stereocenters. The summed E-state index contributed by atoms with van der Waals surface area (Å²) in [6.07, 6.45) is 5.30. The first kappa shape index (κ1) is 14.9. The Balaban J connectivity index is 1.90. The summed E-state index contributed by atoms with van der Waals surface area (Å²) < 4.78 is 1.71. The van der Waals surface area contributed by atoms with E-state index in [-0.39, 0.29) is 11.2 Å². The summed E-state index contributed by atoms with van der Waals surface area (Å²) in [7, 11) is 0. The quantitative estimate of drug-likeness (QED) is 0.778. The van der Waals surface area contributed by atoms with Gasteiger partial charge in [0.1, 0.15) is 5.82 Å². The first-order valence-electron chi connectivity index (χ1n) is 7.56. The van der Waals surface area contributed by atoms with Crippen LogP contribution < -0.4 is 5.32 Å². The van der Waals surface area contributed by atoms with E-state index in [0.29, 0.717) is 17.4 Å². The van der Waals surface area contributed by atoms with Gasteiger partial charge in [-0.05, 0) is 30.7 Å². The summed E-state index contributed by atoms with van der Waals surface area (Å²) in [6.45, 7) is 1.96. The van der Waals surface area contributed by atoms with Gasteiger partial charge in [0.25, 0.3) is 0 Å². The van der Waals surface area contributed by atoms with E-state index in [1.807, 2.05) is 43.5 Å². The molecule has 4 rings (SSSR count). The van der Waals surface area contributed by atoms with Crippen LogP contribution in [0.25, 0.3) is 5.82 Å². The summed E-state index contributed by atoms with van der Waals surface area (Å²) in [5, 5.41) is 7.62. The third kappa shape index (κ3) is 2.56. The van der Waals surface area contributed by atoms with Crippen molar-refractivity contribution in [3.05, 3.63) is 65.7 Å². The third-order valence-electron chi connectivity index (χ3n) is 3.86. The smallest absolute Gasteiger partial charge is 0.235 e. The second kappa shape index (κ2) is 6.09. The molecule has 0 fully saturated rings. The molecule has 0 saturated carbocycles. The predicted octanol–water partition coefficient (Wildman–Crippen LogP) is 2.75. The van der Waals surface area contributed by atoms with Crippen LogP contribution in [0.3, 0.4) is 0 Å². The van der Waals surface area contributed by atoms with E-state index < -0.39 is 0 Å². The standard InChI is InChI=1S/C17H15N5OS/c1-11-15-16(12-5-4-7-18-9-12)24-10-14(23)20-17(15)22(21-11)13-6-2-3-8-19-13/h2-9,16H,10H2,1H3,(H,20,23)/t16-/m0/s1. The molecular formula is C17H15N5OS. The number of anilines is 1. The van der Waals surface area contributed by atoms with E-state index >= 15 is 0 Å². The molecular weight excluding hydrogens is 322 g/mol. The molecule has 3 aromatic heterocycles. The van der Waals surface area contributed by atoms with Gasteiger partial charge >= 0.3 is 0 Å².